The van der Waals surface area contributed by atoms with E-state index in [4.69, 9.17) is 86.4 Å². The van der Waals surface area contributed by atoms with Crippen LogP contribution in [0.3, 0.4) is 0 Å². The summed E-state index contributed by atoms with van der Waals surface area (Å²) in [5.74, 6) is -13.7. The lowest BCUT2D eigenvalue weighted by Crippen LogP contribution is -2.24. The standard InChI is InChI=1S/C15H15ClF4N2O4.C13H11ClF4N2O4.C12H11ClF4N2O2.C9H11ClFNO/c1-4-25-14(24)12(13(23)15(18,19)20)22-21-10-6-11(26-7(2)3)8(16)5-9(10)17;1-5(2)24-9-4-8(7(15)3-6(9)14)19-20-10(12(22)23)11(21)13(16,17)18;1-6(2)21-10-4-9(8(14)3-7(10)13)19-18-5-11(20)12(15,16)17;1-5(2)13-9-4-8(12)7(11)3-6(9)10/h5-7,23H,4H2,1-3H3;3-5,21H,1-2H3,(H,22,23);3-6,19H,1-2H3;3-5H,12H2,1-2H3/b;;18-5-;. The summed E-state index contributed by atoms with van der Waals surface area (Å²) < 4.78 is 190. The van der Waals surface area contributed by atoms with Gasteiger partial charge in [-0.05, 0) is 86.6 Å². The molecule has 0 bridgehead atoms. The van der Waals surface area contributed by atoms with Crippen molar-refractivity contribution < 1.29 is 110 Å². The molecule has 4 aromatic rings. The fraction of sp³-hybridized carbons (Fsp3) is 0.347. The van der Waals surface area contributed by atoms with Gasteiger partial charge in [-0.2, -0.15) is 44.6 Å². The molecule has 0 spiro atoms. The number of carboxylic acids is 1. The normalized spacial score (nSPS) is 12.5. The molecule has 4 aromatic carbocycles. The molecule has 0 aromatic heterocycles. The van der Waals surface area contributed by atoms with Crippen LogP contribution >= 0.6 is 46.4 Å². The van der Waals surface area contributed by atoms with E-state index in [1.54, 1.807) is 41.5 Å². The number of hydrazone groups is 1. The molecule has 0 heterocycles. The third-order valence-corrected chi connectivity index (χ3v) is 9.53. The highest BCUT2D eigenvalue weighted by Gasteiger charge is 2.41. The Morgan fingerprint density at radius 3 is 1.25 bits per heavy atom. The number of carbonyl (C=O) groups is 3. The Kier molecular flexibility index (Phi) is 29.4. The Morgan fingerprint density at radius 2 is 0.893 bits per heavy atom. The summed E-state index contributed by atoms with van der Waals surface area (Å²) >= 11 is 23.0. The van der Waals surface area contributed by atoms with Gasteiger partial charge in [0.15, 0.2) is 11.6 Å². The SMILES string of the molecule is CC(C)Oc1cc(N)c(F)cc1Cl.CC(C)Oc1cc(N/N=C\C(=O)C(F)(F)F)c(F)cc1Cl.CC(C)Oc1cc(N=NC(C(=O)O)=C(O)C(F)(F)F)c(F)cc1Cl.CCOC(=O)C(N=Nc1cc(OC(C)C)c(Cl)cc1F)=C(O)C(F)(F)F. The maximum Gasteiger partial charge on any atom is 0.455 e. The van der Waals surface area contributed by atoms with Crippen LogP contribution in [0.25, 0.3) is 0 Å². The van der Waals surface area contributed by atoms with Gasteiger partial charge in [-0.1, -0.05) is 46.4 Å². The summed E-state index contributed by atoms with van der Waals surface area (Å²) in [6.45, 7) is 14.8. The third-order valence-electron chi connectivity index (χ3n) is 8.34. The number of carboxylic acid groups (broad SMARTS) is 1. The number of aliphatic hydroxyl groups is 2. The first kappa shape index (κ1) is 74.5. The molecule has 4 rings (SSSR count). The monoisotopic (exact) mass is 1300 g/mol. The second-order valence-electron chi connectivity index (χ2n) is 16.7. The molecular weight excluding hydrogens is 1250 g/mol. The van der Waals surface area contributed by atoms with Crippen molar-refractivity contribution >= 4 is 93.1 Å². The number of halogens is 17. The molecule has 464 valence electrons. The number of nitrogens with one attached hydrogen (secondary N) is 1. The van der Waals surface area contributed by atoms with E-state index in [1.807, 2.05) is 19.3 Å². The molecule has 35 heteroatoms. The van der Waals surface area contributed by atoms with Gasteiger partial charge in [0, 0.05) is 24.3 Å². The number of anilines is 2. The number of azo groups is 2. The largest absolute Gasteiger partial charge is 0.502 e. The Labute approximate surface area is 488 Å². The maximum absolute atomic E-state index is 13.9. The van der Waals surface area contributed by atoms with E-state index in [0.717, 1.165) is 42.5 Å². The minimum atomic E-state index is -5.35. The van der Waals surface area contributed by atoms with E-state index in [2.05, 4.69) is 30.3 Å². The number of benzene rings is 4. The smallest absolute Gasteiger partial charge is 0.455 e. The van der Waals surface area contributed by atoms with Crippen molar-refractivity contribution in [3.63, 3.8) is 0 Å². The topological polar surface area (TPSA) is 258 Å². The van der Waals surface area contributed by atoms with E-state index >= 15 is 0 Å². The second kappa shape index (κ2) is 33.1. The number of esters is 1. The zero-order valence-corrected chi connectivity index (χ0v) is 47.6. The minimum Gasteiger partial charge on any atom is -0.502 e. The van der Waals surface area contributed by atoms with Crippen molar-refractivity contribution in [2.75, 3.05) is 17.8 Å². The number of nitrogen functional groups attached to an aromatic ring is 1. The highest BCUT2D eigenvalue weighted by molar-refractivity contribution is 6.33. The average Bonchev–Trinajstić information content (AvgIpc) is 3.32. The number of aliphatic carboxylic acids is 1. The third kappa shape index (κ3) is 25.5. The molecule has 0 aliphatic rings. The number of nitrogens with zero attached hydrogens (tertiary/aromatic N) is 5. The molecule has 0 radical (unpaired) electrons. The van der Waals surface area contributed by atoms with E-state index in [9.17, 15) is 71.5 Å². The number of ether oxygens (including phenoxy) is 5. The lowest BCUT2D eigenvalue weighted by Gasteiger charge is -2.13. The molecule has 0 saturated carbocycles. The molecule has 0 saturated heterocycles. The van der Waals surface area contributed by atoms with Crippen molar-refractivity contribution in [3.05, 3.63) is 115 Å². The Bertz CT molecular complexity index is 3110. The summed E-state index contributed by atoms with van der Waals surface area (Å²) in [5, 5.41) is 41.9. The van der Waals surface area contributed by atoms with Crippen molar-refractivity contribution in [3.8, 4) is 23.0 Å². The van der Waals surface area contributed by atoms with Gasteiger partial charge in [-0.15, -0.1) is 20.5 Å². The number of nitrogens with two attached hydrogens (primary N) is 1. The number of aliphatic hydroxyl groups excluding tert-OH is 2. The number of carbonyl (C=O) groups excluding carboxylic acids is 2. The first-order valence-corrected chi connectivity index (χ1v) is 24.6. The second-order valence-corrected chi connectivity index (χ2v) is 18.4. The van der Waals surface area contributed by atoms with Gasteiger partial charge in [0.2, 0.25) is 22.9 Å². The summed E-state index contributed by atoms with van der Waals surface area (Å²) in [5.41, 5.74) is 2.63. The number of alkyl halides is 9. The van der Waals surface area contributed by atoms with Crippen LogP contribution in [0.5, 0.6) is 23.0 Å². The number of Topliss-reactive ketones (excluding diaryl/α,β-unsaturated/α-hetero) is 1. The van der Waals surface area contributed by atoms with E-state index in [-0.39, 0.29) is 86.0 Å². The summed E-state index contributed by atoms with van der Waals surface area (Å²) in [4.78, 5) is 32.9. The number of ketones is 1. The minimum absolute atomic E-state index is 0.00194. The summed E-state index contributed by atoms with van der Waals surface area (Å²) in [6, 6.07) is 8.12. The van der Waals surface area contributed by atoms with E-state index < -0.39 is 93.8 Å². The highest BCUT2D eigenvalue weighted by atomic mass is 35.5. The Hall–Kier alpha value is -7.51. The molecule has 84 heavy (non-hydrogen) atoms. The van der Waals surface area contributed by atoms with Crippen LogP contribution in [-0.4, -0.2) is 88.8 Å². The average molecular weight is 1300 g/mol. The summed E-state index contributed by atoms with van der Waals surface area (Å²) in [6.07, 6.45) is -16.6. The van der Waals surface area contributed by atoms with Crippen LogP contribution in [0, 0.1) is 23.3 Å². The predicted octanol–water partition coefficient (Wildman–Crippen LogP) is 16.7. The van der Waals surface area contributed by atoms with Crippen LogP contribution in [0.1, 0.15) is 62.3 Å². The fourth-order valence-corrected chi connectivity index (χ4v) is 5.79. The van der Waals surface area contributed by atoms with Gasteiger partial charge in [-0.3, -0.25) is 10.2 Å². The summed E-state index contributed by atoms with van der Waals surface area (Å²) in [7, 11) is 0. The van der Waals surface area contributed by atoms with Crippen molar-refractivity contribution in [1.29, 1.82) is 0 Å². The number of rotatable bonds is 18. The predicted molar refractivity (Wildman–Crippen MR) is 281 cm³/mol. The fourth-order valence-electron chi connectivity index (χ4n) is 5.01. The first-order valence-electron chi connectivity index (χ1n) is 23.0. The molecular formula is C49H48Cl4F13N7O11. The first-order chi connectivity index (χ1) is 38.5. The molecule has 0 unspecified atom stereocenters. The van der Waals surface area contributed by atoms with Crippen LogP contribution in [-0.2, 0) is 19.1 Å². The molecule has 0 aliphatic carbocycles. The highest BCUT2D eigenvalue weighted by Crippen LogP contribution is 2.37. The van der Waals surface area contributed by atoms with Gasteiger partial charge in [-0.25, -0.2) is 27.2 Å². The maximum atomic E-state index is 13.9. The van der Waals surface area contributed by atoms with Crippen LogP contribution in [0.15, 0.2) is 97.0 Å². The van der Waals surface area contributed by atoms with Gasteiger partial charge in [0.05, 0.1) is 68.7 Å². The number of hydrogen-bond donors (Lipinski definition) is 5. The van der Waals surface area contributed by atoms with Crippen molar-refractivity contribution in [1.82, 2.24) is 0 Å². The Morgan fingerprint density at radius 1 is 0.548 bits per heavy atom. The zero-order chi connectivity index (χ0) is 64.9. The molecule has 6 N–H and O–H groups in total. The van der Waals surface area contributed by atoms with Crippen LogP contribution in [0.2, 0.25) is 20.1 Å². The number of hydrogen-bond acceptors (Lipinski definition) is 17. The van der Waals surface area contributed by atoms with Gasteiger partial charge < -0.3 is 44.7 Å². The quantitative estimate of drug-likeness (QED) is 0.00909. The van der Waals surface area contributed by atoms with Crippen LogP contribution < -0.4 is 30.1 Å². The van der Waals surface area contributed by atoms with Crippen molar-refractivity contribution in [2.45, 2.75) is 105 Å². The van der Waals surface area contributed by atoms with Gasteiger partial charge in [0.25, 0.3) is 5.78 Å². The molecule has 0 amide bonds. The molecule has 0 aliphatic heterocycles. The number of allylic oxidation sites excluding steroid dienone is 2. The van der Waals surface area contributed by atoms with Crippen molar-refractivity contribution in [2.24, 2.45) is 25.6 Å². The zero-order valence-electron chi connectivity index (χ0n) is 44.6. The molecule has 0 fully saturated rings. The van der Waals surface area contributed by atoms with Gasteiger partial charge in [0.1, 0.15) is 46.0 Å². The van der Waals surface area contributed by atoms with Gasteiger partial charge >= 0.3 is 30.5 Å². The lowest BCUT2D eigenvalue weighted by atomic mass is 10.3. The molecule has 0 atom stereocenters. The van der Waals surface area contributed by atoms with E-state index in [1.165, 1.54) is 13.0 Å². The van der Waals surface area contributed by atoms with E-state index in [0.29, 0.717) is 5.75 Å². The van der Waals surface area contributed by atoms with Crippen LogP contribution in [0.4, 0.5) is 79.8 Å². The molecule has 18 nitrogen and oxygen atoms in total. The Balaban J connectivity index is 0.000000573. The lowest BCUT2D eigenvalue weighted by molar-refractivity contribution is -0.162.